The molecule has 0 aliphatic carbocycles. The van der Waals surface area contributed by atoms with Gasteiger partial charge in [-0.3, -0.25) is 0 Å². The van der Waals surface area contributed by atoms with E-state index in [1.54, 1.807) is 18.2 Å². The molecule has 0 spiro atoms. The van der Waals surface area contributed by atoms with Crippen LogP contribution in [0, 0.1) is 6.42 Å². The molecule has 2 rings (SSSR count). The van der Waals surface area contributed by atoms with Crippen molar-refractivity contribution in [2.45, 2.75) is 6.42 Å². The van der Waals surface area contributed by atoms with Crippen LogP contribution in [0.15, 0.2) is 48.5 Å². The number of hydrogen-bond donors (Lipinski definition) is 1. The second-order valence-corrected chi connectivity index (χ2v) is 4.03. The first-order chi connectivity index (χ1) is 7.75. The van der Waals surface area contributed by atoms with Crippen molar-refractivity contribution in [3.8, 4) is 5.75 Å². The Labute approximate surface area is 100 Å². The number of phenols is 1. The molecule has 0 aliphatic heterocycles. The molecule has 0 aliphatic rings. The van der Waals surface area contributed by atoms with Gasteiger partial charge in [0.15, 0.2) is 0 Å². The lowest BCUT2D eigenvalue weighted by atomic mass is 10.0. The lowest BCUT2D eigenvalue weighted by Crippen LogP contribution is -1.89. The molecular formula is C14H12ClO. The predicted octanol–water partition coefficient (Wildman–Crippen LogP) is 3.84. The van der Waals surface area contributed by atoms with Crippen molar-refractivity contribution in [2.75, 3.05) is 0 Å². The van der Waals surface area contributed by atoms with Gasteiger partial charge in [0.2, 0.25) is 0 Å². The van der Waals surface area contributed by atoms with E-state index >= 15 is 0 Å². The number of hydrogen-bond acceptors (Lipinski definition) is 1. The first kappa shape index (κ1) is 11.0. The molecule has 1 radical (unpaired) electrons. The van der Waals surface area contributed by atoms with E-state index in [0.717, 1.165) is 12.0 Å². The van der Waals surface area contributed by atoms with Crippen LogP contribution in [0.1, 0.15) is 11.1 Å². The van der Waals surface area contributed by atoms with E-state index in [4.69, 9.17) is 11.6 Å². The average molecular weight is 232 g/mol. The monoisotopic (exact) mass is 231 g/mol. The van der Waals surface area contributed by atoms with Gasteiger partial charge in [0.25, 0.3) is 0 Å². The Hall–Kier alpha value is -1.47. The molecule has 0 saturated heterocycles. The molecule has 16 heavy (non-hydrogen) atoms. The molecule has 1 N–H and O–H groups in total. The first-order valence-corrected chi connectivity index (χ1v) is 5.49. The van der Waals surface area contributed by atoms with E-state index in [9.17, 15) is 5.11 Å². The maximum absolute atomic E-state index is 9.62. The Morgan fingerprint density at radius 2 is 1.81 bits per heavy atom. The van der Waals surface area contributed by atoms with Gasteiger partial charge in [-0.25, -0.2) is 0 Å². The minimum atomic E-state index is 0.264. The quantitative estimate of drug-likeness (QED) is 0.851. The van der Waals surface area contributed by atoms with Gasteiger partial charge >= 0.3 is 0 Å². The largest absolute Gasteiger partial charge is 0.508 e. The second-order valence-electron chi connectivity index (χ2n) is 3.60. The number of halogens is 1. The standard InChI is InChI=1S/C14H12ClO/c15-13-8-9-14(16)12(10-13)7-6-11-4-2-1-3-5-11/h1-5,7-10,16H,6H2. The summed E-state index contributed by atoms with van der Waals surface area (Å²) in [4.78, 5) is 0. The topological polar surface area (TPSA) is 20.2 Å². The summed E-state index contributed by atoms with van der Waals surface area (Å²) in [6, 6.07) is 15.1. The summed E-state index contributed by atoms with van der Waals surface area (Å²) in [7, 11) is 0. The highest BCUT2D eigenvalue weighted by atomic mass is 35.5. The lowest BCUT2D eigenvalue weighted by molar-refractivity contribution is 0.471. The predicted molar refractivity (Wildman–Crippen MR) is 66.7 cm³/mol. The summed E-state index contributed by atoms with van der Waals surface area (Å²) >= 11 is 5.87. The van der Waals surface area contributed by atoms with Crippen molar-refractivity contribution in [1.82, 2.24) is 0 Å². The Bertz CT molecular complexity index is 465. The highest BCUT2D eigenvalue weighted by molar-refractivity contribution is 6.30. The third kappa shape index (κ3) is 2.77. The van der Waals surface area contributed by atoms with Crippen LogP contribution in [0.4, 0.5) is 0 Å². The molecule has 0 aromatic heterocycles. The van der Waals surface area contributed by atoms with Gasteiger partial charge in [0, 0.05) is 5.02 Å². The van der Waals surface area contributed by atoms with Crippen molar-refractivity contribution in [3.63, 3.8) is 0 Å². The minimum Gasteiger partial charge on any atom is -0.508 e. The van der Waals surface area contributed by atoms with E-state index in [-0.39, 0.29) is 5.75 Å². The molecule has 0 unspecified atom stereocenters. The molecule has 2 aromatic rings. The van der Waals surface area contributed by atoms with E-state index in [0.29, 0.717) is 5.02 Å². The molecule has 0 heterocycles. The smallest absolute Gasteiger partial charge is 0.119 e. The van der Waals surface area contributed by atoms with Crippen LogP contribution in [0.5, 0.6) is 5.75 Å². The Balaban J connectivity index is 2.08. The van der Waals surface area contributed by atoms with Crippen LogP contribution in [0.3, 0.4) is 0 Å². The third-order valence-electron chi connectivity index (χ3n) is 2.39. The van der Waals surface area contributed by atoms with E-state index < -0.39 is 0 Å². The molecule has 0 fully saturated rings. The van der Waals surface area contributed by atoms with Crippen molar-refractivity contribution in [1.29, 1.82) is 0 Å². The summed E-state index contributed by atoms with van der Waals surface area (Å²) in [5, 5.41) is 10.3. The van der Waals surface area contributed by atoms with Gasteiger partial charge in [0.05, 0.1) is 0 Å². The summed E-state index contributed by atoms with van der Waals surface area (Å²) in [6.45, 7) is 0. The highest BCUT2D eigenvalue weighted by Crippen LogP contribution is 2.23. The lowest BCUT2D eigenvalue weighted by Gasteiger charge is -2.04. The zero-order valence-electron chi connectivity index (χ0n) is 8.73. The molecule has 0 saturated carbocycles. The molecule has 0 amide bonds. The van der Waals surface area contributed by atoms with Crippen LogP contribution in [-0.2, 0) is 6.42 Å². The van der Waals surface area contributed by atoms with Gasteiger partial charge in [-0.1, -0.05) is 41.9 Å². The molecule has 2 heteroatoms. The summed E-state index contributed by atoms with van der Waals surface area (Å²) in [6.07, 6.45) is 2.76. The number of phenolic OH excluding ortho intramolecular Hbond substituents is 1. The fraction of sp³-hybridized carbons (Fsp3) is 0.0714. The Morgan fingerprint density at radius 3 is 2.56 bits per heavy atom. The summed E-state index contributed by atoms with van der Waals surface area (Å²) < 4.78 is 0. The normalized spacial score (nSPS) is 10.3. The van der Waals surface area contributed by atoms with Gasteiger partial charge in [-0.2, -0.15) is 0 Å². The Morgan fingerprint density at radius 1 is 1.06 bits per heavy atom. The highest BCUT2D eigenvalue weighted by Gasteiger charge is 2.02. The minimum absolute atomic E-state index is 0.264. The maximum Gasteiger partial charge on any atom is 0.119 e. The second kappa shape index (κ2) is 5.04. The van der Waals surface area contributed by atoms with Crippen LogP contribution in [-0.4, -0.2) is 5.11 Å². The number of benzene rings is 2. The fourth-order valence-corrected chi connectivity index (χ4v) is 1.71. The fourth-order valence-electron chi connectivity index (χ4n) is 1.53. The van der Waals surface area contributed by atoms with Gasteiger partial charge in [-0.15, -0.1) is 0 Å². The zero-order chi connectivity index (χ0) is 11.4. The average Bonchev–Trinajstić information content (AvgIpc) is 2.32. The van der Waals surface area contributed by atoms with Crippen molar-refractivity contribution in [3.05, 3.63) is 71.1 Å². The molecule has 0 bridgehead atoms. The molecule has 2 aromatic carbocycles. The maximum atomic E-state index is 9.62. The molecule has 0 atom stereocenters. The van der Waals surface area contributed by atoms with Crippen LogP contribution < -0.4 is 0 Å². The molecule has 81 valence electrons. The summed E-state index contributed by atoms with van der Waals surface area (Å²) in [5.74, 6) is 0.264. The number of rotatable bonds is 3. The van der Waals surface area contributed by atoms with Gasteiger partial charge in [0.1, 0.15) is 5.75 Å². The third-order valence-corrected chi connectivity index (χ3v) is 2.63. The van der Waals surface area contributed by atoms with Crippen molar-refractivity contribution < 1.29 is 5.11 Å². The van der Waals surface area contributed by atoms with Crippen LogP contribution in [0.2, 0.25) is 5.02 Å². The summed E-state index contributed by atoms with van der Waals surface area (Å²) in [5.41, 5.74) is 1.98. The van der Waals surface area contributed by atoms with E-state index in [1.165, 1.54) is 5.56 Å². The van der Waals surface area contributed by atoms with Crippen molar-refractivity contribution in [2.24, 2.45) is 0 Å². The zero-order valence-corrected chi connectivity index (χ0v) is 9.48. The van der Waals surface area contributed by atoms with Crippen LogP contribution >= 0.6 is 11.6 Å². The molecular weight excluding hydrogens is 220 g/mol. The molecule has 1 nitrogen and oxygen atoms in total. The van der Waals surface area contributed by atoms with Gasteiger partial charge in [-0.05, 0) is 42.2 Å². The first-order valence-electron chi connectivity index (χ1n) is 5.11. The van der Waals surface area contributed by atoms with E-state index in [1.807, 2.05) is 24.6 Å². The van der Waals surface area contributed by atoms with Crippen molar-refractivity contribution >= 4 is 11.6 Å². The Kier molecular flexibility index (Phi) is 3.47. The van der Waals surface area contributed by atoms with E-state index in [2.05, 4.69) is 12.1 Å². The number of aromatic hydroxyl groups is 1. The van der Waals surface area contributed by atoms with Gasteiger partial charge < -0.3 is 5.11 Å². The van der Waals surface area contributed by atoms with Crippen LogP contribution in [0.25, 0.3) is 0 Å². The SMILES string of the molecule is Oc1ccc(Cl)cc1[CH]Cc1ccccc1.